The van der Waals surface area contributed by atoms with Crippen molar-refractivity contribution in [3.63, 3.8) is 0 Å². The number of likely N-dealkylation sites (tertiary alicyclic amines) is 1. The molecule has 0 bridgehead atoms. The highest BCUT2D eigenvalue weighted by atomic mass is 35.5. The Morgan fingerprint density at radius 3 is 3.00 bits per heavy atom. The first-order chi connectivity index (χ1) is 14.1. The van der Waals surface area contributed by atoms with Crippen molar-refractivity contribution in [1.29, 1.82) is 0 Å². The maximum absolute atomic E-state index is 6.24. The summed E-state index contributed by atoms with van der Waals surface area (Å²) in [6, 6.07) is 8.21. The van der Waals surface area contributed by atoms with Crippen molar-refractivity contribution >= 4 is 23.7 Å². The largest absolute Gasteiger partial charge is 0.484 e. The lowest BCUT2D eigenvalue weighted by atomic mass is 9.99. The fourth-order valence-corrected chi connectivity index (χ4v) is 4.05. The highest BCUT2D eigenvalue weighted by Crippen LogP contribution is 2.31. The van der Waals surface area contributed by atoms with E-state index in [0.29, 0.717) is 25.7 Å². The van der Waals surface area contributed by atoms with Gasteiger partial charge >= 0.3 is 0 Å². The number of hydrogen-bond acceptors (Lipinski definition) is 6. The zero-order chi connectivity index (χ0) is 20.2. The molecule has 1 fully saturated rings. The predicted molar refractivity (Wildman–Crippen MR) is 113 cm³/mol. The van der Waals surface area contributed by atoms with Gasteiger partial charge in [-0.1, -0.05) is 0 Å². The second-order valence-corrected chi connectivity index (χ2v) is 7.85. The summed E-state index contributed by atoms with van der Waals surface area (Å²) in [5.41, 5.74) is 3.82. The lowest BCUT2D eigenvalue weighted by Gasteiger charge is -2.36. The number of fused-ring (bicyclic) bond motifs is 1. The smallest absolute Gasteiger partial charge is 0.300 e. The van der Waals surface area contributed by atoms with E-state index in [1.807, 2.05) is 31.2 Å². The minimum atomic E-state index is 0.192. The third-order valence-corrected chi connectivity index (χ3v) is 5.67. The minimum Gasteiger partial charge on any atom is -0.484 e. The van der Waals surface area contributed by atoms with Crippen LogP contribution in [0.15, 0.2) is 24.3 Å². The standard InChI is InChI=1S/C21H26BClN3O3/c1-14-10-16(11-20(22-23)24-14)13-29-17-4-3-7-26(12-17)15(2)18-5-6-19-21(25-18)28-9-8-27-19/h5-6,10-11,15,17H,3-4,7-9,12-13H2,1-2H3/t15-,17+/m1/s1. The van der Waals surface area contributed by atoms with Crippen LogP contribution >= 0.6 is 11.5 Å². The van der Waals surface area contributed by atoms with Crippen molar-refractivity contribution < 1.29 is 14.2 Å². The molecule has 4 heterocycles. The van der Waals surface area contributed by atoms with Crippen LogP contribution in [0.2, 0.25) is 0 Å². The van der Waals surface area contributed by atoms with Gasteiger partial charge in [-0.15, -0.1) is 0 Å². The van der Waals surface area contributed by atoms with Crippen molar-refractivity contribution in [2.24, 2.45) is 0 Å². The molecule has 8 heteroatoms. The summed E-state index contributed by atoms with van der Waals surface area (Å²) in [7, 11) is 0. The van der Waals surface area contributed by atoms with Crippen LogP contribution in [-0.4, -0.2) is 54.0 Å². The first-order valence-electron chi connectivity index (χ1n) is 10.2. The molecule has 29 heavy (non-hydrogen) atoms. The van der Waals surface area contributed by atoms with E-state index in [4.69, 9.17) is 25.7 Å². The van der Waals surface area contributed by atoms with Crippen LogP contribution in [0.25, 0.3) is 0 Å². The quantitative estimate of drug-likeness (QED) is 0.678. The number of halogens is 1. The molecule has 4 rings (SSSR count). The molecule has 2 atom stereocenters. The number of rotatable bonds is 6. The minimum absolute atomic E-state index is 0.192. The van der Waals surface area contributed by atoms with Crippen LogP contribution in [0.1, 0.15) is 42.8 Å². The van der Waals surface area contributed by atoms with Gasteiger partial charge in [0.15, 0.2) is 5.75 Å². The van der Waals surface area contributed by atoms with Gasteiger partial charge in [0.25, 0.3) is 12.6 Å². The van der Waals surface area contributed by atoms with E-state index in [-0.39, 0.29) is 12.1 Å². The maximum atomic E-state index is 6.24. The number of hydrogen-bond donors (Lipinski definition) is 0. The summed E-state index contributed by atoms with van der Waals surface area (Å²) in [6.45, 7) is 9.28. The Morgan fingerprint density at radius 2 is 2.14 bits per heavy atom. The molecular formula is C21H26BClN3O3. The van der Waals surface area contributed by atoms with Crippen molar-refractivity contribution in [1.82, 2.24) is 14.9 Å². The molecule has 0 spiro atoms. The molecule has 0 aliphatic carbocycles. The molecule has 1 radical (unpaired) electrons. The monoisotopic (exact) mass is 414 g/mol. The first-order valence-corrected chi connectivity index (χ1v) is 10.6. The van der Waals surface area contributed by atoms with Gasteiger partial charge in [-0.25, -0.2) is 4.98 Å². The van der Waals surface area contributed by atoms with Crippen molar-refractivity contribution in [3.05, 3.63) is 41.2 Å². The van der Waals surface area contributed by atoms with Gasteiger partial charge in [0, 0.05) is 23.9 Å². The fraction of sp³-hybridized carbons (Fsp3) is 0.524. The molecule has 153 valence electrons. The molecule has 0 saturated carbocycles. The second kappa shape index (κ2) is 9.33. The number of piperidine rings is 1. The van der Waals surface area contributed by atoms with E-state index >= 15 is 0 Å². The number of aromatic nitrogens is 2. The first kappa shape index (κ1) is 20.4. The summed E-state index contributed by atoms with van der Waals surface area (Å²) < 4.78 is 17.5. The zero-order valence-electron chi connectivity index (χ0n) is 16.9. The van der Waals surface area contributed by atoms with Crippen LogP contribution in [0.3, 0.4) is 0 Å². The molecule has 2 aromatic rings. The van der Waals surface area contributed by atoms with Crippen molar-refractivity contribution in [2.75, 3.05) is 26.3 Å². The Kier molecular flexibility index (Phi) is 6.58. The van der Waals surface area contributed by atoms with E-state index in [0.717, 1.165) is 54.2 Å². The van der Waals surface area contributed by atoms with Crippen LogP contribution in [0, 0.1) is 6.92 Å². The molecule has 1 saturated heterocycles. The van der Waals surface area contributed by atoms with Crippen LogP contribution < -0.4 is 15.1 Å². The van der Waals surface area contributed by atoms with E-state index in [1.165, 1.54) is 6.69 Å². The van der Waals surface area contributed by atoms with Crippen molar-refractivity contribution in [3.8, 4) is 11.6 Å². The molecule has 0 amide bonds. The third-order valence-electron chi connectivity index (χ3n) is 5.44. The van der Waals surface area contributed by atoms with E-state index in [1.54, 1.807) is 0 Å². The Hall–Kier alpha value is -1.83. The Balaban J connectivity index is 1.37. The number of nitrogens with zero attached hydrogens (tertiary/aromatic N) is 3. The average Bonchev–Trinajstić information content (AvgIpc) is 2.76. The molecule has 0 aromatic carbocycles. The molecule has 0 unspecified atom stereocenters. The average molecular weight is 415 g/mol. The fourth-order valence-electron chi connectivity index (χ4n) is 3.94. The molecule has 2 aliphatic heterocycles. The lowest BCUT2D eigenvalue weighted by molar-refractivity contribution is -0.0203. The van der Waals surface area contributed by atoms with Gasteiger partial charge < -0.3 is 14.2 Å². The third kappa shape index (κ3) is 5.02. The number of ether oxygens (including phenoxy) is 3. The van der Waals surface area contributed by atoms with Crippen LogP contribution in [0.5, 0.6) is 11.6 Å². The van der Waals surface area contributed by atoms with Gasteiger partial charge in [-0.2, -0.15) is 11.5 Å². The molecule has 2 aromatic heterocycles. The van der Waals surface area contributed by atoms with Gasteiger partial charge in [-0.3, -0.25) is 9.88 Å². The normalized spacial score (nSPS) is 20.3. The highest BCUT2D eigenvalue weighted by Gasteiger charge is 2.26. The molecule has 2 aliphatic rings. The molecule has 0 N–H and O–H groups in total. The molecular weight excluding hydrogens is 389 g/mol. The Bertz CT molecular complexity index is 854. The summed E-state index contributed by atoms with van der Waals surface area (Å²) >= 11 is 5.82. The second-order valence-electron chi connectivity index (χ2n) is 7.63. The van der Waals surface area contributed by atoms with Crippen LogP contribution in [-0.2, 0) is 11.3 Å². The SMILES string of the molecule is Cc1cc(CO[C@H]2CCCN([C@H](C)c3ccc4c(n3)OCCO4)C2)cc([B]Cl)n1. The van der Waals surface area contributed by atoms with Gasteiger partial charge in [-0.05, 0) is 63.1 Å². The van der Waals surface area contributed by atoms with Crippen LogP contribution in [0.4, 0.5) is 0 Å². The lowest BCUT2D eigenvalue weighted by Crippen LogP contribution is -2.41. The maximum Gasteiger partial charge on any atom is 0.300 e. The van der Waals surface area contributed by atoms with E-state index < -0.39 is 0 Å². The topological polar surface area (TPSA) is 56.7 Å². The summed E-state index contributed by atoms with van der Waals surface area (Å²) in [4.78, 5) is 11.5. The summed E-state index contributed by atoms with van der Waals surface area (Å²) in [5.74, 6) is 1.33. The number of pyridine rings is 2. The molecule has 6 nitrogen and oxygen atoms in total. The van der Waals surface area contributed by atoms with E-state index in [9.17, 15) is 0 Å². The van der Waals surface area contributed by atoms with E-state index in [2.05, 4.69) is 21.8 Å². The van der Waals surface area contributed by atoms with Gasteiger partial charge in [0.05, 0.1) is 18.4 Å². The highest BCUT2D eigenvalue weighted by molar-refractivity contribution is 7.00. The predicted octanol–water partition coefficient (Wildman–Crippen LogP) is 2.78. The van der Waals surface area contributed by atoms with Gasteiger partial charge in [0.1, 0.15) is 13.2 Å². The zero-order valence-corrected chi connectivity index (χ0v) is 17.7. The number of aryl methyl sites for hydroxylation is 1. The Labute approximate surface area is 177 Å². The van der Waals surface area contributed by atoms with Gasteiger partial charge in [0.2, 0.25) is 0 Å². The Morgan fingerprint density at radius 1 is 1.28 bits per heavy atom. The summed E-state index contributed by atoms with van der Waals surface area (Å²) in [5, 5.41) is 0. The summed E-state index contributed by atoms with van der Waals surface area (Å²) in [6.07, 6.45) is 2.37. The van der Waals surface area contributed by atoms with Crippen molar-refractivity contribution in [2.45, 2.75) is 45.4 Å².